The molecular weight excluding hydrogens is 234 g/mol. The van der Waals surface area contributed by atoms with Gasteiger partial charge < -0.3 is 19.3 Å². The van der Waals surface area contributed by atoms with Gasteiger partial charge >= 0.3 is 0 Å². The molecular formula is C13H15NO4. The summed E-state index contributed by atoms with van der Waals surface area (Å²) in [5.74, 6) is 1.27. The van der Waals surface area contributed by atoms with Crippen LogP contribution in [0.5, 0.6) is 17.4 Å². The molecule has 1 heterocycles. The quantitative estimate of drug-likeness (QED) is 0.821. The van der Waals surface area contributed by atoms with E-state index in [1.165, 1.54) is 6.20 Å². The molecule has 5 nitrogen and oxygen atoms in total. The molecule has 1 aromatic heterocycles. The van der Waals surface area contributed by atoms with Crippen LogP contribution in [0.2, 0.25) is 0 Å². The zero-order chi connectivity index (χ0) is 13.0. The van der Waals surface area contributed by atoms with Gasteiger partial charge in [0.15, 0.2) is 0 Å². The van der Waals surface area contributed by atoms with Crippen molar-refractivity contribution < 1.29 is 19.3 Å². The number of benzene rings is 1. The lowest BCUT2D eigenvalue weighted by molar-refractivity contribution is 0.147. The van der Waals surface area contributed by atoms with Crippen molar-refractivity contribution in [2.75, 3.05) is 27.4 Å². The van der Waals surface area contributed by atoms with Crippen molar-refractivity contribution in [3.8, 4) is 17.4 Å². The van der Waals surface area contributed by atoms with E-state index in [1.54, 1.807) is 32.4 Å². The van der Waals surface area contributed by atoms with Crippen molar-refractivity contribution in [2.45, 2.75) is 0 Å². The van der Waals surface area contributed by atoms with E-state index >= 15 is 0 Å². The number of hydrogen-bond donors (Lipinski definition) is 1. The standard InChI is InChI=1S/C13H15NO4/c1-16-5-6-18-12-8-14-13(15)10-4-3-9(17-2)7-11(10)12/h3-4,7-8H,5-6H2,1-2H3,(H,14,15). The molecule has 0 bridgehead atoms. The first-order valence-corrected chi connectivity index (χ1v) is 5.53. The van der Waals surface area contributed by atoms with Crippen molar-refractivity contribution in [3.05, 3.63) is 24.4 Å². The number of ether oxygens (including phenoxy) is 3. The van der Waals surface area contributed by atoms with E-state index in [4.69, 9.17) is 14.2 Å². The van der Waals surface area contributed by atoms with Crippen LogP contribution in [0.4, 0.5) is 0 Å². The average molecular weight is 249 g/mol. The van der Waals surface area contributed by atoms with E-state index in [9.17, 15) is 5.11 Å². The lowest BCUT2D eigenvalue weighted by Crippen LogP contribution is -2.04. The third-order valence-corrected chi connectivity index (χ3v) is 2.58. The normalized spacial score (nSPS) is 10.6. The van der Waals surface area contributed by atoms with Crippen molar-refractivity contribution in [1.82, 2.24) is 4.98 Å². The minimum Gasteiger partial charge on any atom is -0.497 e. The lowest BCUT2D eigenvalue weighted by Gasteiger charge is -2.10. The first kappa shape index (κ1) is 12.4. The summed E-state index contributed by atoms with van der Waals surface area (Å²) in [6.07, 6.45) is 1.49. The van der Waals surface area contributed by atoms with Crippen LogP contribution >= 0.6 is 0 Å². The second kappa shape index (κ2) is 5.55. The van der Waals surface area contributed by atoms with Crippen molar-refractivity contribution in [2.24, 2.45) is 0 Å². The predicted molar refractivity (Wildman–Crippen MR) is 67.3 cm³/mol. The smallest absolute Gasteiger partial charge is 0.219 e. The monoisotopic (exact) mass is 249 g/mol. The molecule has 18 heavy (non-hydrogen) atoms. The highest BCUT2D eigenvalue weighted by molar-refractivity contribution is 5.92. The van der Waals surface area contributed by atoms with Gasteiger partial charge in [0, 0.05) is 17.9 Å². The van der Waals surface area contributed by atoms with E-state index in [-0.39, 0.29) is 5.88 Å². The highest BCUT2D eigenvalue weighted by Crippen LogP contribution is 2.32. The lowest BCUT2D eigenvalue weighted by atomic mass is 10.1. The summed E-state index contributed by atoms with van der Waals surface area (Å²) in [4.78, 5) is 3.89. The molecule has 0 atom stereocenters. The van der Waals surface area contributed by atoms with Crippen LogP contribution < -0.4 is 9.47 Å². The molecule has 0 amide bonds. The Morgan fingerprint density at radius 3 is 2.72 bits per heavy atom. The third-order valence-electron chi connectivity index (χ3n) is 2.58. The van der Waals surface area contributed by atoms with Crippen LogP contribution in [-0.2, 0) is 4.74 Å². The minimum atomic E-state index is -0.0215. The Labute approximate surface area is 105 Å². The van der Waals surface area contributed by atoms with E-state index in [1.807, 2.05) is 0 Å². The molecule has 0 fully saturated rings. The number of aromatic nitrogens is 1. The van der Waals surface area contributed by atoms with Crippen molar-refractivity contribution in [1.29, 1.82) is 0 Å². The van der Waals surface area contributed by atoms with Gasteiger partial charge in [-0.2, -0.15) is 0 Å². The number of rotatable bonds is 5. The number of pyridine rings is 1. The van der Waals surface area contributed by atoms with E-state index in [0.717, 1.165) is 5.39 Å². The third kappa shape index (κ3) is 2.46. The molecule has 96 valence electrons. The summed E-state index contributed by atoms with van der Waals surface area (Å²) in [6, 6.07) is 5.32. The summed E-state index contributed by atoms with van der Waals surface area (Å²) in [5, 5.41) is 11.1. The SMILES string of the molecule is COCCOc1cnc(O)c2ccc(OC)cc12. The fourth-order valence-corrected chi connectivity index (χ4v) is 1.66. The molecule has 0 aliphatic carbocycles. The Hall–Kier alpha value is -2.01. The van der Waals surface area contributed by atoms with Gasteiger partial charge in [0.1, 0.15) is 18.1 Å². The summed E-state index contributed by atoms with van der Waals surface area (Å²) in [5.41, 5.74) is 0. The van der Waals surface area contributed by atoms with Gasteiger partial charge in [-0.3, -0.25) is 0 Å². The zero-order valence-electron chi connectivity index (χ0n) is 10.3. The molecule has 1 aromatic carbocycles. The summed E-state index contributed by atoms with van der Waals surface area (Å²) in [6.45, 7) is 0.918. The second-order valence-electron chi connectivity index (χ2n) is 3.70. The summed E-state index contributed by atoms with van der Waals surface area (Å²) >= 11 is 0. The molecule has 0 aliphatic rings. The maximum absolute atomic E-state index is 9.70. The highest BCUT2D eigenvalue weighted by Gasteiger charge is 2.09. The topological polar surface area (TPSA) is 60.8 Å². The fraction of sp³-hybridized carbons (Fsp3) is 0.308. The first-order valence-electron chi connectivity index (χ1n) is 5.53. The first-order chi connectivity index (χ1) is 8.76. The summed E-state index contributed by atoms with van der Waals surface area (Å²) < 4.78 is 15.6. The molecule has 0 unspecified atom stereocenters. The van der Waals surface area contributed by atoms with E-state index in [0.29, 0.717) is 30.1 Å². The van der Waals surface area contributed by atoms with Gasteiger partial charge in [-0.25, -0.2) is 4.98 Å². The predicted octanol–water partition coefficient (Wildman–Crippen LogP) is 1.97. The Morgan fingerprint density at radius 2 is 2.00 bits per heavy atom. The molecule has 2 rings (SSSR count). The highest BCUT2D eigenvalue weighted by atomic mass is 16.5. The molecule has 1 N–H and O–H groups in total. The van der Waals surface area contributed by atoms with Gasteiger partial charge in [-0.15, -0.1) is 0 Å². The van der Waals surface area contributed by atoms with Crippen LogP contribution in [0.3, 0.4) is 0 Å². The average Bonchev–Trinajstić information content (AvgIpc) is 2.41. The van der Waals surface area contributed by atoms with E-state index < -0.39 is 0 Å². The Kier molecular flexibility index (Phi) is 3.84. The minimum absolute atomic E-state index is 0.0215. The van der Waals surface area contributed by atoms with Crippen molar-refractivity contribution in [3.63, 3.8) is 0 Å². The van der Waals surface area contributed by atoms with Gasteiger partial charge in [0.25, 0.3) is 0 Å². The largest absolute Gasteiger partial charge is 0.497 e. The molecule has 5 heteroatoms. The van der Waals surface area contributed by atoms with Gasteiger partial charge in [0.05, 0.1) is 19.9 Å². The number of hydrogen-bond acceptors (Lipinski definition) is 5. The van der Waals surface area contributed by atoms with Crippen LogP contribution in [0.25, 0.3) is 10.8 Å². The van der Waals surface area contributed by atoms with Crippen LogP contribution in [0, 0.1) is 0 Å². The Bertz CT molecular complexity index is 542. The molecule has 0 spiro atoms. The number of nitrogens with zero attached hydrogens (tertiary/aromatic N) is 1. The van der Waals surface area contributed by atoms with Crippen LogP contribution in [0.1, 0.15) is 0 Å². The zero-order valence-corrected chi connectivity index (χ0v) is 10.3. The fourth-order valence-electron chi connectivity index (χ4n) is 1.66. The second-order valence-corrected chi connectivity index (χ2v) is 3.70. The van der Waals surface area contributed by atoms with Crippen LogP contribution in [0.15, 0.2) is 24.4 Å². The van der Waals surface area contributed by atoms with Crippen LogP contribution in [-0.4, -0.2) is 37.5 Å². The van der Waals surface area contributed by atoms with Gasteiger partial charge in [0.2, 0.25) is 5.88 Å². The summed E-state index contributed by atoms with van der Waals surface area (Å²) in [7, 11) is 3.20. The molecule has 0 aliphatic heterocycles. The number of aromatic hydroxyl groups is 1. The Morgan fingerprint density at radius 1 is 1.17 bits per heavy atom. The maximum Gasteiger partial charge on any atom is 0.219 e. The Balaban J connectivity index is 2.42. The molecule has 0 saturated carbocycles. The molecule has 2 aromatic rings. The van der Waals surface area contributed by atoms with Crippen molar-refractivity contribution >= 4 is 10.8 Å². The van der Waals surface area contributed by atoms with Gasteiger partial charge in [-0.1, -0.05) is 0 Å². The number of methoxy groups -OCH3 is 2. The molecule has 0 saturated heterocycles. The maximum atomic E-state index is 9.70. The molecule has 0 radical (unpaired) electrons. The van der Waals surface area contributed by atoms with E-state index in [2.05, 4.69) is 4.98 Å². The van der Waals surface area contributed by atoms with Gasteiger partial charge in [-0.05, 0) is 18.2 Å². The number of fused-ring (bicyclic) bond motifs is 1.